The van der Waals surface area contributed by atoms with Crippen molar-refractivity contribution in [3.05, 3.63) is 64.7 Å². The van der Waals surface area contributed by atoms with E-state index in [0.29, 0.717) is 11.1 Å². The Morgan fingerprint density at radius 1 is 1.11 bits per heavy atom. The second kappa shape index (κ2) is 5.80. The van der Waals surface area contributed by atoms with Crippen molar-refractivity contribution in [1.82, 2.24) is 0 Å². The molecule has 4 heteroatoms. The number of nitrogens with two attached hydrogens (primary N) is 1. The van der Waals surface area contributed by atoms with Gasteiger partial charge >= 0.3 is 0 Å². The van der Waals surface area contributed by atoms with Crippen LogP contribution in [-0.4, -0.2) is 0 Å². The number of rotatable bonds is 4. The van der Waals surface area contributed by atoms with Crippen LogP contribution in [0.4, 0.5) is 8.78 Å². The quantitative estimate of drug-likeness (QED) is 0.918. The normalized spacial score (nSPS) is 10.5. The molecule has 0 bridgehead atoms. The van der Waals surface area contributed by atoms with Gasteiger partial charge in [-0.15, -0.1) is 0 Å². The maximum Gasteiger partial charge on any atom is 0.167 e. The van der Waals surface area contributed by atoms with Crippen LogP contribution in [0.5, 0.6) is 5.75 Å². The topological polar surface area (TPSA) is 35.2 Å². The average Bonchev–Trinajstić information content (AvgIpc) is 2.40. The summed E-state index contributed by atoms with van der Waals surface area (Å²) in [5.41, 5.74) is 7.50. The summed E-state index contributed by atoms with van der Waals surface area (Å²) in [5.74, 6) is -0.596. The lowest BCUT2D eigenvalue weighted by molar-refractivity contribution is 0.288. The first kappa shape index (κ1) is 13.5. The highest BCUT2D eigenvalue weighted by Gasteiger charge is 2.08. The zero-order chi connectivity index (χ0) is 13.8. The van der Waals surface area contributed by atoms with Crippen LogP contribution >= 0.6 is 0 Å². The molecule has 0 heterocycles. The second-order valence-electron chi connectivity index (χ2n) is 4.29. The van der Waals surface area contributed by atoms with Gasteiger partial charge in [-0.25, -0.2) is 8.78 Å². The summed E-state index contributed by atoms with van der Waals surface area (Å²) in [6.07, 6.45) is 0. The molecule has 0 aliphatic rings. The van der Waals surface area contributed by atoms with Gasteiger partial charge in [0.05, 0.1) is 0 Å². The van der Waals surface area contributed by atoms with Crippen molar-refractivity contribution in [2.75, 3.05) is 0 Å². The fourth-order valence-corrected chi connectivity index (χ4v) is 1.82. The van der Waals surface area contributed by atoms with Gasteiger partial charge in [0, 0.05) is 6.54 Å². The Morgan fingerprint density at radius 3 is 2.63 bits per heavy atom. The highest BCUT2D eigenvalue weighted by Crippen LogP contribution is 2.21. The third-order valence-electron chi connectivity index (χ3n) is 2.93. The number of benzene rings is 2. The van der Waals surface area contributed by atoms with E-state index in [-0.39, 0.29) is 24.7 Å². The summed E-state index contributed by atoms with van der Waals surface area (Å²) in [7, 11) is 0. The fraction of sp³-hybridized carbons (Fsp3) is 0.200. The predicted molar refractivity (Wildman–Crippen MR) is 69.8 cm³/mol. The van der Waals surface area contributed by atoms with Crippen molar-refractivity contribution < 1.29 is 13.5 Å². The number of halogens is 2. The van der Waals surface area contributed by atoms with Gasteiger partial charge < -0.3 is 10.5 Å². The van der Waals surface area contributed by atoms with Gasteiger partial charge in [0.25, 0.3) is 0 Å². The van der Waals surface area contributed by atoms with E-state index < -0.39 is 5.82 Å². The summed E-state index contributed by atoms with van der Waals surface area (Å²) in [5, 5.41) is 0. The van der Waals surface area contributed by atoms with Crippen molar-refractivity contribution in [3.63, 3.8) is 0 Å². The van der Waals surface area contributed by atoms with Crippen LogP contribution in [0.3, 0.4) is 0 Å². The molecule has 0 atom stereocenters. The lowest BCUT2D eigenvalue weighted by atomic mass is 10.1. The van der Waals surface area contributed by atoms with Crippen molar-refractivity contribution >= 4 is 0 Å². The van der Waals surface area contributed by atoms with E-state index in [2.05, 4.69) is 0 Å². The van der Waals surface area contributed by atoms with E-state index in [1.54, 1.807) is 31.2 Å². The maximum atomic E-state index is 13.7. The Kier molecular flexibility index (Phi) is 4.12. The van der Waals surface area contributed by atoms with E-state index in [9.17, 15) is 8.78 Å². The minimum absolute atomic E-state index is 0.0880. The Balaban J connectivity index is 2.18. The largest absolute Gasteiger partial charge is 0.486 e. The number of hydrogen-bond acceptors (Lipinski definition) is 2. The van der Waals surface area contributed by atoms with Crippen molar-refractivity contribution in [1.29, 1.82) is 0 Å². The Hall–Kier alpha value is -1.94. The van der Waals surface area contributed by atoms with Crippen LogP contribution < -0.4 is 10.5 Å². The summed E-state index contributed by atoms with van der Waals surface area (Å²) in [6.45, 7) is 2.04. The standard InChI is InChI=1S/C15H15F2NO/c1-10-3-2-4-14(15(10)17)19-9-12-7-13(16)6-5-11(12)8-18/h2-7H,8-9,18H2,1H3. The molecule has 0 fully saturated rings. The molecule has 0 aliphatic carbocycles. The molecule has 0 saturated heterocycles. The number of aryl methyl sites for hydroxylation is 1. The Labute approximate surface area is 110 Å². The van der Waals surface area contributed by atoms with Crippen LogP contribution in [0, 0.1) is 18.6 Å². The molecule has 0 saturated carbocycles. The minimum Gasteiger partial charge on any atom is -0.486 e. The molecule has 2 nitrogen and oxygen atoms in total. The van der Waals surface area contributed by atoms with Crippen LogP contribution in [0.25, 0.3) is 0 Å². The van der Waals surface area contributed by atoms with Gasteiger partial charge in [-0.1, -0.05) is 18.2 Å². The summed E-state index contributed by atoms with van der Waals surface area (Å²) in [4.78, 5) is 0. The summed E-state index contributed by atoms with van der Waals surface area (Å²) >= 11 is 0. The molecule has 0 amide bonds. The van der Waals surface area contributed by atoms with Crippen molar-refractivity contribution in [2.24, 2.45) is 5.73 Å². The van der Waals surface area contributed by atoms with Crippen LogP contribution in [0.15, 0.2) is 36.4 Å². The van der Waals surface area contributed by atoms with E-state index in [0.717, 1.165) is 5.56 Å². The van der Waals surface area contributed by atoms with E-state index in [4.69, 9.17) is 10.5 Å². The molecule has 19 heavy (non-hydrogen) atoms. The van der Waals surface area contributed by atoms with E-state index >= 15 is 0 Å². The van der Waals surface area contributed by atoms with Crippen LogP contribution in [-0.2, 0) is 13.2 Å². The summed E-state index contributed by atoms with van der Waals surface area (Å²) < 4.78 is 32.3. The van der Waals surface area contributed by atoms with Crippen LogP contribution in [0.1, 0.15) is 16.7 Å². The number of ether oxygens (including phenoxy) is 1. The lowest BCUT2D eigenvalue weighted by Gasteiger charge is -2.11. The zero-order valence-electron chi connectivity index (χ0n) is 10.6. The molecule has 0 radical (unpaired) electrons. The molecule has 2 rings (SSSR count). The van der Waals surface area contributed by atoms with Gasteiger partial charge in [0.15, 0.2) is 11.6 Å². The van der Waals surface area contributed by atoms with Gasteiger partial charge in [-0.3, -0.25) is 0 Å². The third kappa shape index (κ3) is 3.09. The van der Waals surface area contributed by atoms with Crippen LogP contribution in [0.2, 0.25) is 0 Å². The first-order valence-electron chi connectivity index (χ1n) is 5.97. The smallest absolute Gasteiger partial charge is 0.167 e. The van der Waals surface area contributed by atoms with Crippen molar-refractivity contribution in [2.45, 2.75) is 20.1 Å². The van der Waals surface area contributed by atoms with Gasteiger partial charge in [-0.05, 0) is 41.8 Å². The molecular weight excluding hydrogens is 248 g/mol. The molecule has 0 aliphatic heterocycles. The van der Waals surface area contributed by atoms with Gasteiger partial charge in [-0.2, -0.15) is 0 Å². The Bertz CT molecular complexity index is 584. The molecule has 2 aromatic carbocycles. The lowest BCUT2D eigenvalue weighted by Crippen LogP contribution is -2.06. The summed E-state index contributed by atoms with van der Waals surface area (Å²) in [6, 6.07) is 9.23. The minimum atomic E-state index is -0.395. The number of hydrogen-bond donors (Lipinski definition) is 1. The van der Waals surface area contributed by atoms with Crippen molar-refractivity contribution in [3.8, 4) is 5.75 Å². The monoisotopic (exact) mass is 263 g/mol. The zero-order valence-corrected chi connectivity index (χ0v) is 10.6. The molecule has 100 valence electrons. The first-order chi connectivity index (χ1) is 9.11. The third-order valence-corrected chi connectivity index (χ3v) is 2.93. The van der Waals surface area contributed by atoms with E-state index in [1.165, 1.54) is 12.1 Å². The molecule has 0 aromatic heterocycles. The molecule has 0 spiro atoms. The molecule has 0 unspecified atom stereocenters. The van der Waals surface area contributed by atoms with E-state index in [1.807, 2.05) is 0 Å². The predicted octanol–water partition coefficient (Wildman–Crippen LogP) is 3.31. The van der Waals surface area contributed by atoms with Gasteiger partial charge in [0.2, 0.25) is 0 Å². The molecular formula is C15H15F2NO. The maximum absolute atomic E-state index is 13.7. The average molecular weight is 263 g/mol. The first-order valence-corrected chi connectivity index (χ1v) is 5.97. The Morgan fingerprint density at radius 2 is 1.89 bits per heavy atom. The second-order valence-corrected chi connectivity index (χ2v) is 4.29. The SMILES string of the molecule is Cc1cccc(OCc2cc(F)ccc2CN)c1F. The molecule has 2 aromatic rings. The van der Waals surface area contributed by atoms with Gasteiger partial charge in [0.1, 0.15) is 12.4 Å². The molecule has 2 N–H and O–H groups in total. The highest BCUT2D eigenvalue weighted by molar-refractivity contribution is 5.32. The highest BCUT2D eigenvalue weighted by atomic mass is 19.1. The fourth-order valence-electron chi connectivity index (χ4n) is 1.82.